The molecule has 0 unspecified atom stereocenters. The van der Waals surface area contributed by atoms with Crippen molar-refractivity contribution in [3.05, 3.63) is 47.8 Å². The van der Waals surface area contributed by atoms with Crippen LogP contribution in [-0.2, 0) is 6.18 Å². The Morgan fingerprint density at radius 2 is 1.96 bits per heavy atom. The van der Waals surface area contributed by atoms with Crippen molar-refractivity contribution in [3.8, 4) is 5.69 Å². The number of alkyl halides is 3. The van der Waals surface area contributed by atoms with Gasteiger partial charge >= 0.3 is 6.18 Å². The van der Waals surface area contributed by atoms with Gasteiger partial charge in [-0.2, -0.15) is 18.3 Å². The molecule has 0 N–H and O–H groups in total. The number of nitrogens with zero attached hydrogens (tertiary/aromatic N) is 3. The third-order valence-electron chi connectivity index (χ3n) is 5.47. The molecule has 0 spiro atoms. The average Bonchev–Trinajstić information content (AvgIpc) is 3.25. The van der Waals surface area contributed by atoms with Gasteiger partial charge in [-0.05, 0) is 56.9 Å². The number of benzene rings is 1. The zero-order valence-corrected chi connectivity index (χ0v) is 13.8. The first kappa shape index (κ1) is 16.2. The standard InChI is InChI=1S/C18H18F3N3O/c1-17-8-5-13(6-9-17)23(17)16(25)12-3-2-4-14(11-12)24-15(7-10-22-24)18(19,20)21/h2-4,7,10-11,13H,5-6,8-9H2,1H3. The van der Waals surface area contributed by atoms with Gasteiger partial charge < -0.3 is 4.90 Å². The van der Waals surface area contributed by atoms with Crippen molar-refractivity contribution in [2.45, 2.75) is 50.4 Å². The van der Waals surface area contributed by atoms with E-state index in [9.17, 15) is 18.0 Å². The Labute approximate surface area is 143 Å². The molecular weight excluding hydrogens is 331 g/mol. The molecule has 25 heavy (non-hydrogen) atoms. The molecule has 0 atom stereocenters. The van der Waals surface area contributed by atoms with E-state index in [2.05, 4.69) is 12.0 Å². The molecular formula is C18H18F3N3O. The lowest BCUT2D eigenvalue weighted by Crippen LogP contribution is -2.42. The van der Waals surface area contributed by atoms with Crippen LogP contribution in [0.15, 0.2) is 36.5 Å². The van der Waals surface area contributed by atoms with Crippen molar-refractivity contribution in [2.75, 3.05) is 0 Å². The smallest absolute Gasteiger partial charge is 0.330 e. The fraction of sp³-hybridized carbons (Fsp3) is 0.444. The Bertz CT molecular complexity index is 819. The Hall–Kier alpha value is -2.31. The summed E-state index contributed by atoms with van der Waals surface area (Å²) in [5, 5.41) is 3.78. The molecule has 4 rings (SSSR count). The molecule has 1 aromatic heterocycles. The number of hydrogen-bond donors (Lipinski definition) is 0. The van der Waals surface area contributed by atoms with Gasteiger partial charge in [0.1, 0.15) is 5.69 Å². The summed E-state index contributed by atoms with van der Waals surface area (Å²) in [7, 11) is 0. The molecule has 2 aliphatic rings. The predicted octanol–water partition coefficient (Wildman–Crippen LogP) is 4.05. The fourth-order valence-electron chi connectivity index (χ4n) is 4.21. The first-order chi connectivity index (χ1) is 11.8. The van der Waals surface area contributed by atoms with E-state index in [1.807, 2.05) is 4.90 Å². The third-order valence-corrected chi connectivity index (χ3v) is 5.47. The number of amides is 1. The number of hydrogen-bond acceptors (Lipinski definition) is 2. The maximum Gasteiger partial charge on any atom is 0.433 e. The van der Waals surface area contributed by atoms with Gasteiger partial charge in [0.2, 0.25) is 0 Å². The summed E-state index contributed by atoms with van der Waals surface area (Å²) in [6.45, 7) is 2.09. The van der Waals surface area contributed by atoms with Crippen molar-refractivity contribution < 1.29 is 18.0 Å². The van der Waals surface area contributed by atoms with E-state index in [4.69, 9.17) is 0 Å². The Morgan fingerprint density at radius 1 is 1.24 bits per heavy atom. The molecule has 4 nitrogen and oxygen atoms in total. The summed E-state index contributed by atoms with van der Waals surface area (Å²) in [5.41, 5.74) is -0.341. The van der Waals surface area contributed by atoms with Crippen molar-refractivity contribution in [3.63, 3.8) is 0 Å². The highest BCUT2D eigenvalue weighted by Crippen LogP contribution is 2.46. The van der Waals surface area contributed by atoms with Crippen LogP contribution >= 0.6 is 0 Å². The van der Waals surface area contributed by atoms with E-state index in [1.165, 1.54) is 12.1 Å². The summed E-state index contributed by atoms with van der Waals surface area (Å²) in [6, 6.07) is 7.45. The van der Waals surface area contributed by atoms with E-state index in [1.54, 1.807) is 12.1 Å². The molecule has 7 heteroatoms. The van der Waals surface area contributed by atoms with Crippen molar-refractivity contribution >= 4 is 5.91 Å². The van der Waals surface area contributed by atoms with Gasteiger partial charge in [-0.15, -0.1) is 0 Å². The highest BCUT2D eigenvalue weighted by atomic mass is 19.4. The van der Waals surface area contributed by atoms with E-state index in [0.29, 0.717) is 5.56 Å². The van der Waals surface area contributed by atoms with Crippen molar-refractivity contribution in [2.24, 2.45) is 0 Å². The minimum atomic E-state index is -4.50. The maximum atomic E-state index is 13.1. The zero-order valence-electron chi connectivity index (χ0n) is 13.8. The number of rotatable bonds is 2. The fourth-order valence-corrected chi connectivity index (χ4v) is 4.21. The lowest BCUT2D eigenvalue weighted by molar-refractivity contribution is -0.142. The molecule has 0 aliphatic carbocycles. The SMILES string of the molecule is CC12CCC(CC1)N2C(=O)c1cccc(-n2nccc2C(F)(F)F)c1. The molecule has 2 aromatic rings. The largest absolute Gasteiger partial charge is 0.433 e. The number of aromatic nitrogens is 2. The second kappa shape index (κ2) is 5.34. The Morgan fingerprint density at radius 3 is 2.56 bits per heavy atom. The summed E-state index contributed by atoms with van der Waals surface area (Å²) in [6.07, 6.45) is 0.580. The van der Waals surface area contributed by atoms with Gasteiger partial charge in [0, 0.05) is 17.1 Å². The first-order valence-corrected chi connectivity index (χ1v) is 8.35. The maximum absolute atomic E-state index is 13.1. The molecule has 0 saturated carbocycles. The summed E-state index contributed by atoms with van der Waals surface area (Å²) >= 11 is 0. The van der Waals surface area contributed by atoms with Crippen LogP contribution in [0.25, 0.3) is 5.69 Å². The predicted molar refractivity (Wildman–Crippen MR) is 85.4 cm³/mol. The molecule has 0 radical (unpaired) electrons. The number of halogens is 3. The monoisotopic (exact) mass is 349 g/mol. The lowest BCUT2D eigenvalue weighted by atomic mass is 9.90. The van der Waals surface area contributed by atoms with Crippen LogP contribution in [-0.4, -0.2) is 32.2 Å². The van der Waals surface area contributed by atoms with Crippen LogP contribution in [0.1, 0.15) is 48.7 Å². The molecule has 2 bridgehead atoms. The van der Waals surface area contributed by atoms with Gasteiger partial charge in [-0.25, -0.2) is 4.68 Å². The topological polar surface area (TPSA) is 38.1 Å². The minimum absolute atomic E-state index is 0.106. The van der Waals surface area contributed by atoms with E-state index in [0.717, 1.165) is 42.6 Å². The molecule has 2 aliphatic heterocycles. The molecule has 1 amide bonds. The van der Waals surface area contributed by atoms with Crippen molar-refractivity contribution in [1.82, 2.24) is 14.7 Å². The molecule has 1 aromatic carbocycles. The van der Waals surface area contributed by atoms with Crippen molar-refractivity contribution in [1.29, 1.82) is 0 Å². The van der Waals surface area contributed by atoms with E-state index in [-0.39, 0.29) is 23.2 Å². The summed E-state index contributed by atoms with van der Waals surface area (Å²) in [5.74, 6) is -0.106. The second-order valence-electron chi connectivity index (χ2n) is 7.08. The number of carbonyl (C=O) groups excluding carboxylic acids is 1. The molecule has 3 heterocycles. The van der Waals surface area contributed by atoms with E-state index >= 15 is 0 Å². The highest BCUT2D eigenvalue weighted by molar-refractivity contribution is 5.96. The van der Waals surface area contributed by atoms with Gasteiger partial charge in [-0.3, -0.25) is 4.79 Å². The zero-order chi connectivity index (χ0) is 17.8. The summed E-state index contributed by atoms with van der Waals surface area (Å²) in [4.78, 5) is 14.9. The van der Waals surface area contributed by atoms with Crippen LogP contribution in [0.4, 0.5) is 13.2 Å². The molecule has 2 saturated heterocycles. The van der Waals surface area contributed by atoms with Gasteiger partial charge in [0.25, 0.3) is 5.91 Å². The Kier molecular flexibility index (Phi) is 3.46. The van der Waals surface area contributed by atoms with Crippen LogP contribution in [0.3, 0.4) is 0 Å². The third kappa shape index (κ3) is 2.53. The van der Waals surface area contributed by atoms with Gasteiger partial charge in [0.05, 0.1) is 11.9 Å². The van der Waals surface area contributed by atoms with Crippen LogP contribution < -0.4 is 0 Å². The minimum Gasteiger partial charge on any atom is -0.330 e. The highest BCUT2D eigenvalue weighted by Gasteiger charge is 2.50. The summed E-state index contributed by atoms with van der Waals surface area (Å²) < 4.78 is 40.1. The van der Waals surface area contributed by atoms with Crippen LogP contribution in [0.2, 0.25) is 0 Å². The Balaban J connectivity index is 1.69. The van der Waals surface area contributed by atoms with Crippen LogP contribution in [0.5, 0.6) is 0 Å². The normalized spacial score (nSPS) is 25.6. The average molecular weight is 349 g/mol. The molecule has 132 valence electrons. The van der Waals surface area contributed by atoms with Gasteiger partial charge in [-0.1, -0.05) is 6.07 Å². The number of fused-ring (bicyclic) bond motifs is 2. The van der Waals surface area contributed by atoms with Crippen LogP contribution in [0, 0.1) is 0 Å². The quantitative estimate of drug-likeness (QED) is 0.820. The molecule has 2 fully saturated rings. The lowest BCUT2D eigenvalue weighted by Gasteiger charge is -2.31. The first-order valence-electron chi connectivity index (χ1n) is 8.35. The van der Waals surface area contributed by atoms with E-state index < -0.39 is 11.9 Å². The number of carbonyl (C=O) groups is 1. The van der Waals surface area contributed by atoms with Gasteiger partial charge in [0.15, 0.2) is 0 Å². The second-order valence-corrected chi connectivity index (χ2v) is 7.08.